The van der Waals surface area contributed by atoms with E-state index in [1.807, 2.05) is 18.2 Å². The van der Waals surface area contributed by atoms with E-state index in [4.69, 9.17) is 29.1 Å². The lowest BCUT2D eigenvalue weighted by atomic mass is 9.94. The summed E-state index contributed by atoms with van der Waals surface area (Å²) in [6.07, 6.45) is 16.8. The van der Waals surface area contributed by atoms with Crippen molar-refractivity contribution in [2.45, 2.75) is 30.9 Å². The van der Waals surface area contributed by atoms with Crippen LogP contribution in [0.1, 0.15) is 34.8 Å². The van der Waals surface area contributed by atoms with Gasteiger partial charge >= 0.3 is 0 Å². The highest BCUT2D eigenvalue weighted by Gasteiger charge is 2.29. The summed E-state index contributed by atoms with van der Waals surface area (Å²) in [6, 6.07) is 42.6. The van der Waals surface area contributed by atoms with Crippen LogP contribution in [0.2, 0.25) is 0 Å². The molecule has 2 aliphatic heterocycles. The standard InChI is InChI=1S/C50H36N4O2/c1-3-9-42-38(7-1)27-39(30-51-42)32-13-17-33(18-14-32)44-29-45(34-19-23-36(24-20-34)50-54-43-10-4-6-12-47(43)56-50)53-49(52-44)35-21-15-31(16-22-35)37-25-26-41-40-8-2-5-11-46(40)55-48(41)28-37/h1,3-7,9-29,39,43,47H,2,8,30H2. The minimum absolute atomic E-state index is 0.0244. The van der Waals surface area contributed by atoms with Gasteiger partial charge in [-0.05, 0) is 77.2 Å². The van der Waals surface area contributed by atoms with Crippen LogP contribution in [0.3, 0.4) is 0 Å². The predicted molar refractivity (Wildman–Crippen MR) is 224 cm³/mol. The third-order valence-corrected chi connectivity index (χ3v) is 11.3. The zero-order valence-corrected chi connectivity index (χ0v) is 30.5. The topological polar surface area (TPSA) is 72.9 Å². The van der Waals surface area contributed by atoms with Gasteiger partial charge in [-0.25, -0.2) is 15.0 Å². The summed E-state index contributed by atoms with van der Waals surface area (Å²) in [5.41, 5.74) is 11.3. The monoisotopic (exact) mass is 724 g/mol. The van der Waals surface area contributed by atoms with Crippen LogP contribution in [-0.4, -0.2) is 34.6 Å². The minimum atomic E-state index is -0.0450. The fourth-order valence-corrected chi connectivity index (χ4v) is 8.21. The van der Waals surface area contributed by atoms with Crippen LogP contribution in [0.4, 0.5) is 0 Å². The van der Waals surface area contributed by atoms with Gasteiger partial charge in [0.15, 0.2) is 5.82 Å². The average Bonchev–Trinajstić information content (AvgIpc) is 3.88. The predicted octanol–water partition coefficient (Wildman–Crippen LogP) is 9.69. The minimum Gasteiger partial charge on any atom is -0.467 e. The lowest BCUT2D eigenvalue weighted by Crippen LogP contribution is -2.30. The molecule has 2 aliphatic carbocycles. The van der Waals surface area contributed by atoms with E-state index in [9.17, 15) is 0 Å². The van der Waals surface area contributed by atoms with Crippen molar-refractivity contribution in [2.24, 2.45) is 9.98 Å². The summed E-state index contributed by atoms with van der Waals surface area (Å²) < 4.78 is 12.4. The van der Waals surface area contributed by atoms with Crippen LogP contribution in [-0.2, 0) is 11.2 Å². The van der Waals surface area contributed by atoms with Crippen LogP contribution < -0.4 is 10.6 Å². The van der Waals surface area contributed by atoms with Gasteiger partial charge < -0.3 is 9.15 Å². The van der Waals surface area contributed by atoms with E-state index in [2.05, 4.69) is 146 Å². The van der Waals surface area contributed by atoms with E-state index in [-0.39, 0.29) is 18.1 Å². The van der Waals surface area contributed by atoms with E-state index in [1.54, 1.807) is 0 Å². The maximum absolute atomic E-state index is 6.24. The van der Waals surface area contributed by atoms with Crippen LogP contribution in [0, 0.1) is 0 Å². The van der Waals surface area contributed by atoms with E-state index in [0.717, 1.165) is 80.9 Å². The van der Waals surface area contributed by atoms with Crippen molar-refractivity contribution >= 4 is 29.0 Å². The molecule has 0 saturated carbocycles. The van der Waals surface area contributed by atoms with Crippen molar-refractivity contribution in [2.75, 3.05) is 6.54 Å². The molecule has 0 saturated heterocycles. The number of rotatable bonds is 6. The van der Waals surface area contributed by atoms with E-state index in [0.29, 0.717) is 11.7 Å². The Bertz CT molecular complexity index is 2920. The Labute approximate surface area is 324 Å². The number of para-hydroxylation sites is 1. The van der Waals surface area contributed by atoms with Crippen molar-refractivity contribution in [1.82, 2.24) is 9.97 Å². The maximum atomic E-state index is 6.24. The first-order valence-corrected chi connectivity index (χ1v) is 19.3. The quantitative estimate of drug-likeness (QED) is 0.171. The molecule has 11 rings (SSSR count). The largest absolute Gasteiger partial charge is 0.467 e. The van der Waals surface area contributed by atoms with Gasteiger partial charge in [0.05, 0.1) is 23.3 Å². The number of aromatic nitrogens is 2. The molecule has 3 atom stereocenters. The number of furan rings is 1. The molecule has 0 N–H and O–H groups in total. The van der Waals surface area contributed by atoms with Crippen molar-refractivity contribution in [1.29, 1.82) is 0 Å². The maximum Gasteiger partial charge on any atom is 0.217 e. The molecule has 3 unspecified atom stereocenters. The second kappa shape index (κ2) is 13.4. The van der Waals surface area contributed by atoms with E-state index >= 15 is 0 Å². The molecule has 5 aromatic carbocycles. The Kier molecular flexibility index (Phi) is 7.80. The molecule has 56 heavy (non-hydrogen) atoms. The molecule has 0 amide bonds. The fourth-order valence-electron chi connectivity index (χ4n) is 8.21. The molecular formula is C50H36N4O2. The number of hydrogen-bond acceptors (Lipinski definition) is 6. The molecule has 0 bridgehead atoms. The van der Waals surface area contributed by atoms with Crippen LogP contribution in [0.25, 0.3) is 68.2 Å². The number of hydrogen-bond donors (Lipinski definition) is 0. The molecule has 268 valence electrons. The first kappa shape index (κ1) is 32.5. The number of ether oxygens (including phenoxy) is 1. The first-order valence-electron chi connectivity index (χ1n) is 19.3. The number of aryl methyl sites for hydroxylation is 1. The van der Waals surface area contributed by atoms with Crippen LogP contribution in [0.15, 0.2) is 166 Å². The summed E-state index contributed by atoms with van der Waals surface area (Å²) in [5.74, 6) is 2.55. The van der Waals surface area contributed by atoms with E-state index in [1.165, 1.54) is 21.7 Å². The number of benzene rings is 5. The van der Waals surface area contributed by atoms with Crippen LogP contribution >= 0.6 is 0 Å². The molecule has 4 aliphatic rings. The third kappa shape index (κ3) is 5.91. The molecule has 7 aromatic rings. The lowest BCUT2D eigenvalue weighted by Gasteiger charge is -2.15. The van der Waals surface area contributed by atoms with E-state index < -0.39 is 0 Å². The first-order chi connectivity index (χ1) is 27.7. The average molecular weight is 725 g/mol. The third-order valence-electron chi connectivity index (χ3n) is 11.3. The summed E-state index contributed by atoms with van der Waals surface area (Å²) >= 11 is 0. The van der Waals surface area contributed by atoms with Crippen molar-refractivity contribution < 1.29 is 9.15 Å². The summed E-state index contributed by atoms with van der Waals surface area (Å²) in [7, 11) is 0. The normalized spacial score (nSPS) is 19.0. The van der Waals surface area contributed by atoms with Gasteiger partial charge in [0, 0.05) is 39.1 Å². The second-order valence-corrected chi connectivity index (χ2v) is 14.8. The highest BCUT2D eigenvalue weighted by Crippen LogP contribution is 2.35. The van der Waals surface area contributed by atoms with Crippen molar-refractivity contribution in [3.63, 3.8) is 0 Å². The number of aliphatic imine (C=N–C) groups is 1. The Hall–Kier alpha value is -6.92. The lowest BCUT2D eigenvalue weighted by molar-refractivity contribution is 0.255. The zero-order chi connectivity index (χ0) is 37.0. The van der Waals surface area contributed by atoms with Crippen molar-refractivity contribution in [3.05, 3.63) is 185 Å². The Balaban J connectivity index is 0.934. The Morgan fingerprint density at radius 1 is 0.643 bits per heavy atom. The number of nitrogens with zero attached hydrogens (tertiary/aromatic N) is 4. The Morgan fingerprint density at radius 2 is 1.36 bits per heavy atom. The fraction of sp³-hybridized carbons (Fsp3) is 0.120. The van der Waals surface area contributed by atoms with Crippen LogP contribution in [0.5, 0.6) is 0 Å². The number of allylic oxidation sites excluding steroid dienone is 3. The van der Waals surface area contributed by atoms with Gasteiger partial charge in [0.2, 0.25) is 5.90 Å². The SMILES string of the molecule is C1=CC2N=C(c3ccc(-c4cc(-c5ccc(C6C=c7ccccc7=NC6)cc5)nc(-c5ccc(-c6ccc7c8c(oc7c6)C=CCC8)cc5)n4)cc3)OC2C=C1. The van der Waals surface area contributed by atoms with Gasteiger partial charge in [0.25, 0.3) is 0 Å². The summed E-state index contributed by atoms with van der Waals surface area (Å²) in [6.45, 7) is 0.741. The molecule has 6 heteroatoms. The molecule has 0 radical (unpaired) electrons. The smallest absolute Gasteiger partial charge is 0.217 e. The second-order valence-electron chi connectivity index (χ2n) is 14.8. The van der Waals surface area contributed by atoms with Gasteiger partial charge in [-0.15, -0.1) is 0 Å². The van der Waals surface area contributed by atoms with Gasteiger partial charge in [0.1, 0.15) is 23.5 Å². The Morgan fingerprint density at radius 3 is 2.18 bits per heavy atom. The molecule has 2 aromatic heterocycles. The molecular weight excluding hydrogens is 689 g/mol. The molecule has 0 fully saturated rings. The summed E-state index contributed by atoms with van der Waals surface area (Å²) in [4.78, 5) is 20.0. The van der Waals surface area contributed by atoms with Gasteiger partial charge in [-0.1, -0.05) is 121 Å². The molecule has 0 spiro atoms. The molecule has 4 heterocycles. The number of fused-ring (bicyclic) bond motifs is 5. The zero-order valence-electron chi connectivity index (χ0n) is 30.5. The summed E-state index contributed by atoms with van der Waals surface area (Å²) in [5, 5.41) is 3.45. The van der Waals surface area contributed by atoms with Gasteiger partial charge in [-0.3, -0.25) is 4.99 Å². The highest BCUT2D eigenvalue weighted by atomic mass is 16.5. The molecule has 6 nitrogen and oxygen atoms in total. The van der Waals surface area contributed by atoms with Gasteiger partial charge in [-0.2, -0.15) is 0 Å². The van der Waals surface area contributed by atoms with Crippen molar-refractivity contribution in [3.8, 4) is 45.0 Å². The highest BCUT2D eigenvalue weighted by molar-refractivity contribution is 5.96.